The summed E-state index contributed by atoms with van der Waals surface area (Å²) in [7, 11) is -3.34. The van der Waals surface area contributed by atoms with Crippen LogP contribution < -0.4 is 4.90 Å². The molecular formula is C19H18ClF2N3O2S. The van der Waals surface area contributed by atoms with Gasteiger partial charge in [0.1, 0.15) is 17.7 Å². The van der Waals surface area contributed by atoms with Gasteiger partial charge in [-0.2, -0.15) is 5.26 Å². The molecule has 2 aromatic rings. The lowest BCUT2D eigenvalue weighted by molar-refractivity contribution is 0.472. The van der Waals surface area contributed by atoms with E-state index in [-0.39, 0.29) is 29.7 Å². The Kier molecular flexibility index (Phi) is 5.89. The molecule has 0 N–H and O–H groups in total. The minimum absolute atomic E-state index is 0.108. The van der Waals surface area contributed by atoms with Gasteiger partial charge in [0.2, 0.25) is 10.0 Å². The van der Waals surface area contributed by atoms with Gasteiger partial charge in [-0.1, -0.05) is 17.7 Å². The van der Waals surface area contributed by atoms with Crippen LogP contribution in [0.4, 0.5) is 14.5 Å². The van der Waals surface area contributed by atoms with Gasteiger partial charge in [0, 0.05) is 43.0 Å². The molecular weight excluding hydrogens is 408 g/mol. The third-order valence-electron chi connectivity index (χ3n) is 4.80. The van der Waals surface area contributed by atoms with E-state index in [0.717, 1.165) is 12.3 Å². The molecule has 148 valence electrons. The van der Waals surface area contributed by atoms with E-state index in [9.17, 15) is 17.2 Å². The average Bonchev–Trinajstić information content (AvgIpc) is 3.11. The Balaban J connectivity index is 1.97. The standard InChI is InChI=1S/C19H18ClF2N3O2S/c1-28(26,27)24-7-6-17(12-24)25(11-14-2-4-15(21)8-19(14)22)16-5-3-13(10-23)18(20)9-16/h2-5,8-9,17H,6-7,11-12H2,1H3. The molecule has 1 heterocycles. The zero-order valence-corrected chi connectivity index (χ0v) is 16.6. The molecule has 1 unspecified atom stereocenters. The van der Waals surface area contributed by atoms with Crippen LogP contribution in [0.2, 0.25) is 5.02 Å². The van der Waals surface area contributed by atoms with E-state index in [1.165, 1.54) is 16.4 Å². The first-order valence-corrected chi connectivity index (χ1v) is 10.8. The van der Waals surface area contributed by atoms with Crippen molar-refractivity contribution in [2.75, 3.05) is 24.2 Å². The van der Waals surface area contributed by atoms with Gasteiger partial charge in [-0.3, -0.25) is 0 Å². The van der Waals surface area contributed by atoms with Crippen LogP contribution in [-0.4, -0.2) is 38.1 Å². The first-order chi connectivity index (χ1) is 13.2. The fourth-order valence-corrected chi connectivity index (χ4v) is 4.40. The van der Waals surface area contributed by atoms with Crippen LogP contribution in [-0.2, 0) is 16.6 Å². The Morgan fingerprint density at radius 2 is 2.04 bits per heavy atom. The predicted octanol–water partition coefficient (Wildman–Crippen LogP) is 3.53. The lowest BCUT2D eigenvalue weighted by Crippen LogP contribution is -2.38. The molecule has 9 heteroatoms. The number of nitrogens with zero attached hydrogens (tertiary/aromatic N) is 3. The van der Waals surface area contributed by atoms with Gasteiger partial charge < -0.3 is 4.90 Å². The third kappa shape index (κ3) is 4.43. The normalized spacial score (nSPS) is 17.5. The SMILES string of the molecule is CS(=O)(=O)N1CCC(N(Cc2ccc(F)cc2F)c2ccc(C#N)c(Cl)c2)C1. The van der Waals surface area contributed by atoms with Crippen LogP contribution in [0.5, 0.6) is 0 Å². The van der Waals surface area contributed by atoms with Crippen molar-refractivity contribution in [1.82, 2.24) is 4.31 Å². The van der Waals surface area contributed by atoms with Crippen LogP contribution in [0.25, 0.3) is 0 Å². The molecule has 3 rings (SSSR count). The lowest BCUT2D eigenvalue weighted by Gasteiger charge is -2.31. The Morgan fingerprint density at radius 1 is 1.29 bits per heavy atom. The van der Waals surface area contributed by atoms with Crippen molar-refractivity contribution in [1.29, 1.82) is 5.26 Å². The molecule has 0 aromatic heterocycles. The summed E-state index contributed by atoms with van der Waals surface area (Å²) in [6.07, 6.45) is 1.70. The van der Waals surface area contributed by atoms with Crippen molar-refractivity contribution in [2.24, 2.45) is 0 Å². The molecule has 1 saturated heterocycles. The first kappa shape index (κ1) is 20.5. The van der Waals surface area contributed by atoms with E-state index < -0.39 is 21.7 Å². The molecule has 1 atom stereocenters. The minimum Gasteiger partial charge on any atom is -0.363 e. The second-order valence-electron chi connectivity index (χ2n) is 6.70. The summed E-state index contributed by atoms with van der Waals surface area (Å²) in [4.78, 5) is 1.84. The number of benzene rings is 2. The molecule has 0 aliphatic carbocycles. The van der Waals surface area contributed by atoms with Crippen LogP contribution in [0.1, 0.15) is 17.5 Å². The molecule has 28 heavy (non-hydrogen) atoms. The zero-order chi connectivity index (χ0) is 20.5. The highest BCUT2D eigenvalue weighted by Gasteiger charge is 2.33. The number of halogens is 3. The van der Waals surface area contributed by atoms with Gasteiger partial charge in [0.25, 0.3) is 0 Å². The molecule has 1 aliphatic heterocycles. The molecule has 0 bridgehead atoms. The van der Waals surface area contributed by atoms with Crippen molar-refractivity contribution >= 4 is 27.3 Å². The van der Waals surface area contributed by atoms with Crippen LogP contribution in [0.15, 0.2) is 36.4 Å². The highest BCUT2D eigenvalue weighted by atomic mass is 35.5. The van der Waals surface area contributed by atoms with Crippen molar-refractivity contribution in [3.05, 3.63) is 64.2 Å². The smallest absolute Gasteiger partial charge is 0.211 e. The highest BCUT2D eigenvalue weighted by Crippen LogP contribution is 2.30. The van der Waals surface area contributed by atoms with Crippen LogP contribution in [0.3, 0.4) is 0 Å². The largest absolute Gasteiger partial charge is 0.363 e. The Labute approximate surface area is 167 Å². The summed E-state index contributed by atoms with van der Waals surface area (Å²) in [6, 6.07) is 9.98. The maximum atomic E-state index is 14.2. The summed E-state index contributed by atoms with van der Waals surface area (Å²) in [6.45, 7) is 0.714. The predicted molar refractivity (Wildman–Crippen MR) is 104 cm³/mol. The Bertz CT molecular complexity index is 1040. The van der Waals surface area contributed by atoms with Gasteiger partial charge in [-0.25, -0.2) is 21.5 Å². The second-order valence-corrected chi connectivity index (χ2v) is 9.09. The zero-order valence-electron chi connectivity index (χ0n) is 15.1. The van der Waals surface area contributed by atoms with Crippen molar-refractivity contribution < 1.29 is 17.2 Å². The Morgan fingerprint density at radius 3 is 2.61 bits per heavy atom. The van der Waals surface area contributed by atoms with E-state index in [1.807, 2.05) is 11.0 Å². The van der Waals surface area contributed by atoms with Crippen LogP contribution in [0, 0.1) is 23.0 Å². The summed E-state index contributed by atoms with van der Waals surface area (Å²) < 4.78 is 52.6. The van der Waals surface area contributed by atoms with E-state index in [1.54, 1.807) is 18.2 Å². The quantitative estimate of drug-likeness (QED) is 0.735. The second kappa shape index (κ2) is 8.03. The monoisotopic (exact) mass is 425 g/mol. The number of anilines is 1. The third-order valence-corrected chi connectivity index (χ3v) is 6.38. The van der Waals surface area contributed by atoms with Crippen molar-refractivity contribution in [3.63, 3.8) is 0 Å². The fourth-order valence-electron chi connectivity index (χ4n) is 3.30. The fraction of sp³-hybridized carbons (Fsp3) is 0.316. The summed E-state index contributed by atoms with van der Waals surface area (Å²) >= 11 is 6.16. The van der Waals surface area contributed by atoms with Gasteiger partial charge in [0.15, 0.2) is 0 Å². The van der Waals surface area contributed by atoms with E-state index in [0.29, 0.717) is 24.2 Å². The van der Waals surface area contributed by atoms with Gasteiger partial charge in [0.05, 0.1) is 16.8 Å². The molecule has 5 nitrogen and oxygen atoms in total. The minimum atomic E-state index is -3.34. The maximum absolute atomic E-state index is 14.2. The number of hydrogen-bond donors (Lipinski definition) is 0. The van der Waals surface area contributed by atoms with Gasteiger partial charge in [-0.05, 0) is 30.7 Å². The molecule has 0 saturated carbocycles. The number of nitriles is 1. The summed E-state index contributed by atoms with van der Waals surface area (Å²) in [5, 5.41) is 9.33. The topological polar surface area (TPSA) is 64.4 Å². The number of rotatable bonds is 5. The van der Waals surface area contributed by atoms with Crippen molar-refractivity contribution in [3.8, 4) is 6.07 Å². The summed E-state index contributed by atoms with van der Waals surface area (Å²) in [5.41, 5.74) is 1.22. The van der Waals surface area contributed by atoms with E-state index in [4.69, 9.17) is 16.9 Å². The van der Waals surface area contributed by atoms with Crippen molar-refractivity contribution in [2.45, 2.75) is 19.0 Å². The molecule has 0 radical (unpaired) electrons. The maximum Gasteiger partial charge on any atom is 0.211 e. The molecule has 1 aliphatic rings. The molecule has 0 amide bonds. The molecule has 2 aromatic carbocycles. The highest BCUT2D eigenvalue weighted by molar-refractivity contribution is 7.88. The Hall–Kier alpha value is -2.21. The van der Waals surface area contributed by atoms with Gasteiger partial charge >= 0.3 is 0 Å². The average molecular weight is 426 g/mol. The number of sulfonamides is 1. The van der Waals surface area contributed by atoms with Crippen LogP contribution >= 0.6 is 11.6 Å². The molecule has 1 fully saturated rings. The number of hydrogen-bond acceptors (Lipinski definition) is 4. The van der Waals surface area contributed by atoms with E-state index in [2.05, 4.69) is 0 Å². The van der Waals surface area contributed by atoms with E-state index >= 15 is 0 Å². The van der Waals surface area contributed by atoms with Gasteiger partial charge in [-0.15, -0.1) is 0 Å². The summed E-state index contributed by atoms with van der Waals surface area (Å²) in [5.74, 6) is -1.35. The lowest BCUT2D eigenvalue weighted by atomic mass is 10.1. The first-order valence-electron chi connectivity index (χ1n) is 8.54. The molecule has 0 spiro atoms.